The van der Waals surface area contributed by atoms with E-state index in [0.717, 1.165) is 9.56 Å². The van der Waals surface area contributed by atoms with Crippen molar-refractivity contribution in [3.8, 4) is 11.4 Å². The van der Waals surface area contributed by atoms with Crippen molar-refractivity contribution in [1.82, 2.24) is 20.2 Å². The Balaban J connectivity index is 2.14. The van der Waals surface area contributed by atoms with Crippen molar-refractivity contribution in [1.29, 1.82) is 0 Å². The molecule has 0 radical (unpaired) electrons. The quantitative estimate of drug-likeness (QED) is 0.598. The van der Waals surface area contributed by atoms with Gasteiger partial charge in [0, 0.05) is 29.1 Å². The van der Waals surface area contributed by atoms with E-state index in [4.69, 9.17) is 5.14 Å². The van der Waals surface area contributed by atoms with Crippen molar-refractivity contribution in [3.05, 3.63) is 40.1 Å². The zero-order valence-corrected chi connectivity index (χ0v) is 16.3. The summed E-state index contributed by atoms with van der Waals surface area (Å²) in [6, 6.07) is 6.98. The summed E-state index contributed by atoms with van der Waals surface area (Å²) in [7, 11) is -3.95. The van der Waals surface area contributed by atoms with Gasteiger partial charge in [0.1, 0.15) is 0 Å². The molecule has 2 heterocycles. The Morgan fingerprint density at radius 3 is 2.78 bits per heavy atom. The Kier molecular flexibility index (Phi) is 5.35. The Morgan fingerprint density at radius 2 is 2.15 bits per heavy atom. The van der Waals surface area contributed by atoms with E-state index in [9.17, 15) is 13.2 Å². The topological polar surface area (TPSA) is 133 Å². The molecule has 0 amide bonds. The SMILES string of the molecule is CCC(=O)n1nnnc1-c1cc(S(N)(=O)=O)c(C)cc1NCc1cccs1. The van der Waals surface area contributed by atoms with E-state index in [0.29, 0.717) is 23.4 Å². The largest absolute Gasteiger partial charge is 0.380 e. The Morgan fingerprint density at radius 1 is 1.37 bits per heavy atom. The third-order valence-electron chi connectivity index (χ3n) is 3.90. The maximum absolute atomic E-state index is 12.1. The lowest BCUT2D eigenvalue weighted by molar-refractivity contribution is 0.0893. The van der Waals surface area contributed by atoms with Gasteiger partial charge in [-0.2, -0.15) is 4.68 Å². The lowest BCUT2D eigenvalue weighted by atomic mass is 10.1. The highest BCUT2D eigenvalue weighted by atomic mass is 32.2. The van der Waals surface area contributed by atoms with Gasteiger partial charge in [-0.15, -0.1) is 16.4 Å². The first-order chi connectivity index (χ1) is 12.8. The van der Waals surface area contributed by atoms with Gasteiger partial charge in [0.05, 0.1) is 4.90 Å². The van der Waals surface area contributed by atoms with E-state index in [1.807, 2.05) is 17.5 Å². The van der Waals surface area contributed by atoms with Crippen molar-refractivity contribution < 1.29 is 13.2 Å². The summed E-state index contributed by atoms with van der Waals surface area (Å²) in [6.07, 6.45) is 0.198. The van der Waals surface area contributed by atoms with Crippen molar-refractivity contribution in [3.63, 3.8) is 0 Å². The van der Waals surface area contributed by atoms with Crippen molar-refractivity contribution >= 4 is 33.0 Å². The molecular formula is C16H18N6O3S2. The molecule has 27 heavy (non-hydrogen) atoms. The van der Waals surface area contributed by atoms with Gasteiger partial charge in [0.25, 0.3) is 0 Å². The van der Waals surface area contributed by atoms with Crippen LogP contribution in [0.1, 0.15) is 28.6 Å². The van der Waals surface area contributed by atoms with Crippen molar-refractivity contribution in [2.45, 2.75) is 31.7 Å². The number of primary sulfonamides is 1. The van der Waals surface area contributed by atoms with Crippen molar-refractivity contribution in [2.75, 3.05) is 5.32 Å². The summed E-state index contributed by atoms with van der Waals surface area (Å²) in [5.74, 6) is -0.155. The van der Waals surface area contributed by atoms with Crippen LogP contribution in [0.2, 0.25) is 0 Å². The average Bonchev–Trinajstić information content (AvgIpc) is 3.29. The molecule has 3 N–H and O–H groups in total. The molecule has 142 valence electrons. The summed E-state index contributed by atoms with van der Waals surface area (Å²) in [4.78, 5) is 13.2. The number of carbonyl (C=O) groups is 1. The lowest BCUT2D eigenvalue weighted by Gasteiger charge is -2.14. The Labute approximate surface area is 160 Å². The maximum Gasteiger partial charge on any atom is 0.250 e. The molecule has 3 rings (SSSR count). The van der Waals surface area contributed by atoms with E-state index in [2.05, 4.69) is 20.8 Å². The summed E-state index contributed by atoms with van der Waals surface area (Å²) in [5.41, 5.74) is 1.47. The van der Waals surface area contributed by atoms with Crippen LogP contribution in [0.4, 0.5) is 5.69 Å². The van der Waals surface area contributed by atoms with Crippen molar-refractivity contribution in [2.24, 2.45) is 5.14 Å². The molecule has 0 atom stereocenters. The number of thiophene rings is 1. The first-order valence-electron chi connectivity index (χ1n) is 8.07. The van der Waals surface area contributed by atoms with E-state index >= 15 is 0 Å². The van der Waals surface area contributed by atoms with Crippen LogP contribution < -0.4 is 10.5 Å². The number of rotatable bonds is 6. The highest BCUT2D eigenvalue weighted by Crippen LogP contribution is 2.32. The fraction of sp³-hybridized carbons (Fsp3) is 0.250. The second-order valence-corrected chi connectivity index (χ2v) is 8.36. The molecule has 2 aromatic heterocycles. The first kappa shape index (κ1) is 19.1. The number of hydrogen-bond acceptors (Lipinski definition) is 8. The van der Waals surface area contributed by atoms with Crippen LogP contribution in [0.3, 0.4) is 0 Å². The van der Waals surface area contributed by atoms with Gasteiger partial charge in [-0.3, -0.25) is 4.79 Å². The van der Waals surface area contributed by atoms with Crippen LogP contribution in [0, 0.1) is 6.92 Å². The van der Waals surface area contributed by atoms with Crippen LogP contribution >= 0.6 is 11.3 Å². The minimum atomic E-state index is -3.95. The number of aromatic nitrogens is 4. The molecule has 0 saturated carbocycles. The highest BCUT2D eigenvalue weighted by Gasteiger charge is 2.22. The number of nitrogens with one attached hydrogen (secondary N) is 1. The Hall–Kier alpha value is -2.63. The zero-order chi connectivity index (χ0) is 19.6. The number of aryl methyl sites for hydroxylation is 1. The van der Waals surface area contributed by atoms with Gasteiger partial charge in [-0.1, -0.05) is 13.0 Å². The van der Waals surface area contributed by atoms with Gasteiger partial charge in [0.2, 0.25) is 15.9 Å². The van der Waals surface area contributed by atoms with Gasteiger partial charge in [-0.05, 0) is 46.5 Å². The monoisotopic (exact) mass is 406 g/mol. The third-order valence-corrected chi connectivity index (χ3v) is 5.83. The van der Waals surface area contributed by atoms with Crippen LogP contribution in [0.25, 0.3) is 11.4 Å². The second-order valence-electron chi connectivity index (χ2n) is 5.80. The van der Waals surface area contributed by atoms with Crippen LogP contribution in [-0.4, -0.2) is 34.5 Å². The maximum atomic E-state index is 12.1. The van der Waals surface area contributed by atoms with Gasteiger partial charge in [0.15, 0.2) is 5.82 Å². The fourth-order valence-corrected chi connectivity index (χ4v) is 4.03. The second kappa shape index (κ2) is 7.55. The summed E-state index contributed by atoms with van der Waals surface area (Å²) in [5, 5.41) is 21.8. The molecule has 0 bridgehead atoms. The van der Waals surface area contributed by atoms with Gasteiger partial charge in [-0.25, -0.2) is 13.6 Å². The number of carbonyl (C=O) groups excluding carboxylic acids is 1. The van der Waals surface area contributed by atoms with Crippen LogP contribution in [-0.2, 0) is 16.6 Å². The van der Waals surface area contributed by atoms with E-state index in [-0.39, 0.29) is 23.0 Å². The summed E-state index contributed by atoms with van der Waals surface area (Å²) < 4.78 is 24.9. The van der Waals surface area contributed by atoms with Gasteiger partial charge < -0.3 is 5.32 Å². The molecule has 0 aliphatic carbocycles. The average molecular weight is 406 g/mol. The third kappa shape index (κ3) is 4.04. The number of hydrogen-bond donors (Lipinski definition) is 2. The molecule has 9 nitrogen and oxygen atoms in total. The summed E-state index contributed by atoms with van der Waals surface area (Å²) in [6.45, 7) is 3.87. The minimum Gasteiger partial charge on any atom is -0.380 e. The number of anilines is 1. The molecule has 0 saturated heterocycles. The zero-order valence-electron chi connectivity index (χ0n) is 14.7. The molecule has 3 aromatic rings. The predicted molar refractivity (Wildman–Crippen MR) is 102 cm³/mol. The van der Waals surface area contributed by atoms with E-state index < -0.39 is 10.0 Å². The number of benzene rings is 1. The normalized spacial score (nSPS) is 11.5. The van der Waals surface area contributed by atoms with E-state index in [1.54, 1.807) is 31.3 Å². The molecule has 1 aromatic carbocycles. The smallest absolute Gasteiger partial charge is 0.250 e. The lowest BCUT2D eigenvalue weighted by Crippen LogP contribution is -2.16. The minimum absolute atomic E-state index is 0.0438. The first-order valence-corrected chi connectivity index (χ1v) is 10.5. The summed E-state index contributed by atoms with van der Waals surface area (Å²) >= 11 is 1.59. The molecule has 0 unspecified atom stereocenters. The number of nitrogens with zero attached hydrogens (tertiary/aromatic N) is 4. The number of sulfonamides is 1. The van der Waals surface area contributed by atoms with Crippen LogP contribution in [0.15, 0.2) is 34.5 Å². The van der Waals surface area contributed by atoms with Crippen LogP contribution in [0.5, 0.6) is 0 Å². The molecular weight excluding hydrogens is 388 g/mol. The molecule has 0 aliphatic rings. The molecule has 11 heteroatoms. The highest BCUT2D eigenvalue weighted by molar-refractivity contribution is 7.89. The van der Waals surface area contributed by atoms with Gasteiger partial charge >= 0.3 is 0 Å². The molecule has 0 spiro atoms. The van der Waals surface area contributed by atoms with E-state index in [1.165, 1.54) is 6.07 Å². The fourth-order valence-electron chi connectivity index (χ4n) is 2.59. The predicted octanol–water partition coefficient (Wildman–Crippen LogP) is 2.02. The Bertz CT molecular complexity index is 1070. The number of tetrazole rings is 1. The standard InChI is InChI=1S/C16H18N6O3S2/c1-3-15(23)22-16(19-20-21-22)12-8-14(27(17,24)25)10(2)7-13(12)18-9-11-5-4-6-26-11/h4-8,18H,3,9H2,1-2H3,(H2,17,24,25). The number of nitrogens with two attached hydrogens (primary N) is 1. The molecule has 0 fully saturated rings. The molecule has 0 aliphatic heterocycles.